The number of phenols is 3. The third-order valence-corrected chi connectivity index (χ3v) is 7.42. The fraction of sp³-hybridized carbons (Fsp3) is 0.273. The number of aryl methyl sites for hydroxylation is 6. The van der Waals surface area contributed by atoms with Crippen molar-refractivity contribution in [2.75, 3.05) is 0 Å². The van der Waals surface area contributed by atoms with Crippen LogP contribution in [0.4, 0.5) is 0 Å². The molecular formula is C33H36O3. The zero-order valence-electron chi connectivity index (χ0n) is 22.1. The molecule has 0 saturated heterocycles. The molecule has 0 radical (unpaired) electrons. The molecule has 0 spiro atoms. The van der Waals surface area contributed by atoms with Gasteiger partial charge in [0.2, 0.25) is 0 Å². The number of phenolic OH excluding ortho intramolecular Hbond substituents is 3. The van der Waals surface area contributed by atoms with Crippen LogP contribution in [-0.4, -0.2) is 15.3 Å². The Morgan fingerprint density at radius 3 is 1.03 bits per heavy atom. The molecule has 186 valence electrons. The smallest absolute Gasteiger partial charge is 0.121 e. The normalized spacial score (nSPS) is 12.2. The van der Waals surface area contributed by atoms with Crippen LogP contribution in [0.25, 0.3) is 0 Å². The van der Waals surface area contributed by atoms with E-state index in [4.69, 9.17) is 0 Å². The van der Waals surface area contributed by atoms with Gasteiger partial charge in [0.15, 0.2) is 0 Å². The Kier molecular flexibility index (Phi) is 7.12. The molecule has 3 nitrogen and oxygen atoms in total. The number of rotatable bonds is 6. The van der Waals surface area contributed by atoms with Gasteiger partial charge < -0.3 is 15.3 Å². The van der Waals surface area contributed by atoms with E-state index in [-0.39, 0.29) is 11.8 Å². The first kappa shape index (κ1) is 25.4. The summed E-state index contributed by atoms with van der Waals surface area (Å²) in [5.41, 5.74) is 9.82. The Morgan fingerprint density at radius 2 is 0.722 bits per heavy atom. The zero-order valence-corrected chi connectivity index (χ0v) is 22.1. The molecule has 0 aromatic heterocycles. The van der Waals surface area contributed by atoms with Gasteiger partial charge in [-0.05, 0) is 104 Å². The first-order chi connectivity index (χ1) is 17.1. The fourth-order valence-corrected chi connectivity index (χ4v) is 5.42. The number of aromatic hydroxyl groups is 3. The molecule has 0 aliphatic carbocycles. The lowest BCUT2D eigenvalue weighted by atomic mass is 9.76. The summed E-state index contributed by atoms with van der Waals surface area (Å²) >= 11 is 0. The highest BCUT2D eigenvalue weighted by atomic mass is 16.3. The molecule has 0 saturated carbocycles. The fourth-order valence-electron chi connectivity index (χ4n) is 5.42. The van der Waals surface area contributed by atoms with E-state index in [1.54, 1.807) is 0 Å². The Bertz CT molecular complexity index is 1280. The van der Waals surface area contributed by atoms with Gasteiger partial charge in [0.05, 0.1) is 0 Å². The van der Waals surface area contributed by atoms with Crippen molar-refractivity contribution in [2.24, 2.45) is 0 Å². The predicted octanol–water partition coefficient (Wildman–Crippen LogP) is 8.01. The van der Waals surface area contributed by atoms with Gasteiger partial charge in [-0.15, -0.1) is 0 Å². The van der Waals surface area contributed by atoms with Crippen LogP contribution in [0.1, 0.15) is 73.9 Å². The van der Waals surface area contributed by atoms with Crippen molar-refractivity contribution in [1.29, 1.82) is 0 Å². The van der Waals surface area contributed by atoms with Crippen LogP contribution in [0.3, 0.4) is 0 Å². The van der Waals surface area contributed by atoms with Crippen LogP contribution in [0, 0.1) is 41.5 Å². The summed E-state index contributed by atoms with van der Waals surface area (Å²) in [4.78, 5) is 0. The van der Waals surface area contributed by atoms with Crippen molar-refractivity contribution in [1.82, 2.24) is 0 Å². The SMILES string of the molecule is Cc1cc(C(CC(c2cc(C)c(O)c(C)c2)c2cc(C)c(O)c(C)c2)c2ccccc2)cc(C)c1O. The van der Waals surface area contributed by atoms with E-state index < -0.39 is 0 Å². The van der Waals surface area contributed by atoms with E-state index in [0.29, 0.717) is 17.2 Å². The molecule has 0 aliphatic heterocycles. The van der Waals surface area contributed by atoms with Crippen LogP contribution in [-0.2, 0) is 0 Å². The van der Waals surface area contributed by atoms with Crippen LogP contribution in [0.2, 0.25) is 0 Å². The summed E-state index contributed by atoms with van der Waals surface area (Å²) in [5, 5.41) is 31.4. The quantitative estimate of drug-likeness (QED) is 0.262. The maximum atomic E-state index is 10.5. The van der Waals surface area contributed by atoms with E-state index in [1.165, 1.54) is 11.1 Å². The third-order valence-electron chi connectivity index (χ3n) is 7.42. The van der Waals surface area contributed by atoms with Crippen molar-refractivity contribution < 1.29 is 15.3 Å². The van der Waals surface area contributed by atoms with Gasteiger partial charge in [0, 0.05) is 11.8 Å². The zero-order chi connectivity index (χ0) is 26.1. The van der Waals surface area contributed by atoms with Gasteiger partial charge >= 0.3 is 0 Å². The molecule has 4 aromatic carbocycles. The Balaban J connectivity index is 1.93. The minimum atomic E-state index is 0.0284. The minimum Gasteiger partial charge on any atom is -0.507 e. The maximum Gasteiger partial charge on any atom is 0.121 e. The van der Waals surface area contributed by atoms with Crippen molar-refractivity contribution in [3.05, 3.63) is 122 Å². The van der Waals surface area contributed by atoms with Gasteiger partial charge in [0.1, 0.15) is 17.2 Å². The summed E-state index contributed by atoms with van der Waals surface area (Å²) in [5.74, 6) is 1.12. The minimum absolute atomic E-state index is 0.0284. The summed E-state index contributed by atoms with van der Waals surface area (Å²) in [6.07, 6.45) is 0.793. The number of benzene rings is 4. The van der Waals surface area contributed by atoms with Crippen LogP contribution < -0.4 is 0 Å². The molecule has 1 unspecified atom stereocenters. The van der Waals surface area contributed by atoms with E-state index in [1.807, 2.05) is 47.6 Å². The van der Waals surface area contributed by atoms with Gasteiger partial charge in [0.25, 0.3) is 0 Å². The van der Waals surface area contributed by atoms with Crippen LogP contribution >= 0.6 is 0 Å². The Morgan fingerprint density at radius 1 is 0.444 bits per heavy atom. The lowest BCUT2D eigenvalue weighted by Crippen LogP contribution is -2.11. The van der Waals surface area contributed by atoms with Crippen molar-refractivity contribution >= 4 is 0 Å². The maximum absolute atomic E-state index is 10.5. The van der Waals surface area contributed by atoms with E-state index >= 15 is 0 Å². The first-order valence-corrected chi connectivity index (χ1v) is 12.5. The second-order valence-corrected chi connectivity index (χ2v) is 10.3. The van der Waals surface area contributed by atoms with Crippen molar-refractivity contribution in [3.63, 3.8) is 0 Å². The average molecular weight is 481 g/mol. The number of hydrogen-bond donors (Lipinski definition) is 3. The monoisotopic (exact) mass is 480 g/mol. The van der Waals surface area contributed by atoms with Gasteiger partial charge in [-0.25, -0.2) is 0 Å². The lowest BCUT2D eigenvalue weighted by Gasteiger charge is -2.28. The molecule has 4 rings (SSSR count). The highest BCUT2D eigenvalue weighted by molar-refractivity contribution is 5.51. The van der Waals surface area contributed by atoms with Gasteiger partial charge in [-0.1, -0.05) is 66.7 Å². The van der Waals surface area contributed by atoms with E-state index in [0.717, 1.165) is 50.9 Å². The Labute approximate surface area is 214 Å². The molecule has 3 heteroatoms. The number of hydrogen-bond acceptors (Lipinski definition) is 3. The second-order valence-electron chi connectivity index (χ2n) is 10.3. The van der Waals surface area contributed by atoms with Crippen molar-refractivity contribution in [3.8, 4) is 17.2 Å². The molecule has 0 aliphatic rings. The topological polar surface area (TPSA) is 60.7 Å². The molecular weight excluding hydrogens is 444 g/mol. The first-order valence-electron chi connectivity index (χ1n) is 12.5. The second kappa shape index (κ2) is 10.1. The lowest BCUT2D eigenvalue weighted by molar-refractivity contribution is 0.466. The summed E-state index contributed by atoms with van der Waals surface area (Å²) in [6.45, 7) is 11.7. The average Bonchev–Trinajstić information content (AvgIpc) is 2.84. The standard InChI is InChI=1S/C33H36O3/c1-19-12-26(13-20(2)31(19)34)29(25-10-8-7-9-11-25)18-30(27-14-21(3)32(35)22(4)15-27)28-16-23(5)33(36)24(6)17-28/h7-17,29-30,34-36H,18H2,1-6H3. The highest BCUT2D eigenvalue weighted by Gasteiger charge is 2.25. The van der Waals surface area contributed by atoms with Crippen LogP contribution in [0.5, 0.6) is 17.2 Å². The molecule has 0 heterocycles. The predicted molar refractivity (Wildman–Crippen MR) is 147 cm³/mol. The molecule has 3 N–H and O–H groups in total. The summed E-state index contributed by atoms with van der Waals surface area (Å²) < 4.78 is 0. The highest BCUT2D eigenvalue weighted by Crippen LogP contribution is 2.42. The molecule has 0 fully saturated rings. The van der Waals surface area contributed by atoms with E-state index in [2.05, 4.69) is 60.7 Å². The van der Waals surface area contributed by atoms with Gasteiger partial charge in [-0.2, -0.15) is 0 Å². The largest absolute Gasteiger partial charge is 0.507 e. The van der Waals surface area contributed by atoms with Gasteiger partial charge in [-0.3, -0.25) is 0 Å². The van der Waals surface area contributed by atoms with Crippen molar-refractivity contribution in [2.45, 2.75) is 59.8 Å². The summed E-state index contributed by atoms with van der Waals surface area (Å²) in [6, 6.07) is 23.0. The molecule has 0 bridgehead atoms. The third kappa shape index (κ3) is 4.97. The molecule has 1 atom stereocenters. The van der Waals surface area contributed by atoms with E-state index in [9.17, 15) is 15.3 Å². The molecule has 36 heavy (non-hydrogen) atoms. The summed E-state index contributed by atoms with van der Waals surface area (Å²) in [7, 11) is 0. The molecule has 0 amide bonds. The molecule has 4 aromatic rings. The van der Waals surface area contributed by atoms with Crippen LogP contribution in [0.15, 0.2) is 66.7 Å². The Hall–Kier alpha value is -3.72.